The van der Waals surface area contributed by atoms with Crippen LogP contribution in [0, 0.1) is 0 Å². The highest BCUT2D eigenvalue weighted by atomic mass is 35.5. The molecular formula is C16H8Cl4O4. The van der Waals surface area contributed by atoms with Gasteiger partial charge < -0.3 is 9.47 Å². The predicted molar refractivity (Wildman–Crippen MR) is 93.3 cm³/mol. The van der Waals surface area contributed by atoms with Crippen LogP contribution in [0.4, 0.5) is 0 Å². The van der Waals surface area contributed by atoms with E-state index in [1.54, 1.807) is 18.2 Å². The van der Waals surface area contributed by atoms with Crippen LogP contribution >= 0.6 is 46.4 Å². The molecular weight excluding hydrogens is 398 g/mol. The van der Waals surface area contributed by atoms with Crippen molar-refractivity contribution in [2.24, 2.45) is 0 Å². The monoisotopic (exact) mass is 404 g/mol. The van der Waals surface area contributed by atoms with Gasteiger partial charge in [-0.2, -0.15) is 0 Å². The van der Waals surface area contributed by atoms with E-state index in [9.17, 15) is 9.59 Å². The molecule has 0 aliphatic rings. The minimum absolute atomic E-state index is 0.0550. The predicted octanol–water partition coefficient (Wildman–Crippen LogP) is 5.37. The van der Waals surface area contributed by atoms with Crippen LogP contribution in [0.1, 0.15) is 0 Å². The molecule has 0 amide bonds. The topological polar surface area (TPSA) is 52.6 Å². The van der Waals surface area contributed by atoms with E-state index in [0.717, 1.165) is 12.2 Å². The van der Waals surface area contributed by atoms with Crippen molar-refractivity contribution in [2.45, 2.75) is 0 Å². The van der Waals surface area contributed by atoms with E-state index in [1.807, 2.05) is 0 Å². The molecule has 2 aromatic carbocycles. The lowest BCUT2D eigenvalue weighted by atomic mass is 10.3. The molecule has 8 heteroatoms. The summed E-state index contributed by atoms with van der Waals surface area (Å²) in [6.45, 7) is 0. The van der Waals surface area contributed by atoms with Gasteiger partial charge in [0.15, 0.2) is 5.75 Å². The Labute approximate surface area is 157 Å². The highest BCUT2D eigenvalue weighted by Gasteiger charge is 2.12. The number of ether oxygens (including phenoxy) is 2. The third kappa shape index (κ3) is 5.42. The average molecular weight is 406 g/mol. The molecule has 0 aliphatic heterocycles. The van der Waals surface area contributed by atoms with Gasteiger partial charge in [-0.1, -0.05) is 52.5 Å². The summed E-state index contributed by atoms with van der Waals surface area (Å²) in [5.74, 6) is -1.44. The van der Waals surface area contributed by atoms with Crippen molar-refractivity contribution in [2.75, 3.05) is 0 Å². The zero-order valence-corrected chi connectivity index (χ0v) is 14.8. The first-order valence-electron chi connectivity index (χ1n) is 6.37. The zero-order valence-electron chi connectivity index (χ0n) is 11.8. The number of hydrogen-bond acceptors (Lipinski definition) is 4. The lowest BCUT2D eigenvalue weighted by Crippen LogP contribution is -2.08. The molecule has 2 aromatic rings. The van der Waals surface area contributed by atoms with E-state index < -0.39 is 11.9 Å². The van der Waals surface area contributed by atoms with Crippen LogP contribution in [-0.4, -0.2) is 11.9 Å². The fourth-order valence-electron chi connectivity index (χ4n) is 1.58. The maximum Gasteiger partial charge on any atom is 0.336 e. The third-order valence-electron chi connectivity index (χ3n) is 2.54. The molecule has 0 saturated carbocycles. The minimum atomic E-state index is -0.857. The van der Waals surface area contributed by atoms with Crippen molar-refractivity contribution in [3.63, 3.8) is 0 Å². The normalized spacial score (nSPS) is 10.7. The second kappa shape index (κ2) is 8.40. The second-order valence-electron chi connectivity index (χ2n) is 4.33. The highest BCUT2D eigenvalue weighted by molar-refractivity contribution is 6.40. The Morgan fingerprint density at radius 3 is 1.96 bits per heavy atom. The van der Waals surface area contributed by atoms with Gasteiger partial charge in [0.25, 0.3) is 0 Å². The van der Waals surface area contributed by atoms with Crippen molar-refractivity contribution in [1.29, 1.82) is 0 Å². The Balaban J connectivity index is 1.99. The van der Waals surface area contributed by atoms with Crippen LogP contribution in [0.3, 0.4) is 0 Å². The Morgan fingerprint density at radius 2 is 1.38 bits per heavy atom. The summed E-state index contributed by atoms with van der Waals surface area (Å²) in [5, 5.41) is 0.840. The lowest BCUT2D eigenvalue weighted by molar-refractivity contribution is -0.131. The van der Waals surface area contributed by atoms with Crippen LogP contribution in [0.2, 0.25) is 20.1 Å². The van der Waals surface area contributed by atoms with Crippen LogP contribution in [0.5, 0.6) is 11.5 Å². The van der Waals surface area contributed by atoms with Crippen LogP contribution < -0.4 is 9.47 Å². The SMILES string of the molecule is O=C(/C=C/C(=O)Oc1c(Cl)cc(Cl)cc1Cl)Oc1cccc(Cl)c1. The third-order valence-corrected chi connectivity index (χ3v) is 3.55. The number of hydrogen-bond donors (Lipinski definition) is 0. The smallest absolute Gasteiger partial charge is 0.336 e. The maximum atomic E-state index is 11.7. The molecule has 0 unspecified atom stereocenters. The van der Waals surface area contributed by atoms with E-state index in [1.165, 1.54) is 18.2 Å². The summed E-state index contributed by atoms with van der Waals surface area (Å²) in [6.07, 6.45) is 1.79. The van der Waals surface area contributed by atoms with Crippen molar-refractivity contribution >= 4 is 58.3 Å². The molecule has 0 N–H and O–H groups in total. The van der Waals surface area contributed by atoms with Gasteiger partial charge in [0.05, 0.1) is 10.0 Å². The molecule has 0 bridgehead atoms. The van der Waals surface area contributed by atoms with Gasteiger partial charge in [-0.15, -0.1) is 0 Å². The quantitative estimate of drug-likeness (QED) is 0.390. The second-order valence-corrected chi connectivity index (χ2v) is 6.02. The zero-order chi connectivity index (χ0) is 17.7. The molecule has 24 heavy (non-hydrogen) atoms. The molecule has 0 atom stereocenters. The van der Waals surface area contributed by atoms with E-state index in [2.05, 4.69) is 0 Å². The summed E-state index contributed by atoms with van der Waals surface area (Å²) in [7, 11) is 0. The number of rotatable bonds is 4. The van der Waals surface area contributed by atoms with E-state index in [-0.39, 0.29) is 21.5 Å². The molecule has 0 saturated heterocycles. The molecule has 0 aromatic heterocycles. The Bertz CT molecular complexity index is 794. The Hall–Kier alpha value is -1.72. The summed E-state index contributed by atoms with van der Waals surface area (Å²) < 4.78 is 9.94. The van der Waals surface area contributed by atoms with Gasteiger partial charge >= 0.3 is 11.9 Å². The molecule has 0 fully saturated rings. The van der Waals surface area contributed by atoms with Crippen molar-refractivity contribution in [1.82, 2.24) is 0 Å². The summed E-state index contributed by atoms with van der Waals surface area (Å²) in [6, 6.07) is 8.99. The number of halogens is 4. The van der Waals surface area contributed by atoms with Crippen LogP contribution in [0.25, 0.3) is 0 Å². The highest BCUT2D eigenvalue weighted by Crippen LogP contribution is 2.35. The number of carbonyl (C=O) groups is 2. The van der Waals surface area contributed by atoms with Crippen LogP contribution in [-0.2, 0) is 9.59 Å². The Morgan fingerprint density at radius 1 is 0.792 bits per heavy atom. The molecule has 0 heterocycles. The minimum Gasteiger partial charge on any atom is -0.423 e. The van der Waals surface area contributed by atoms with E-state index >= 15 is 0 Å². The number of carbonyl (C=O) groups excluding carboxylic acids is 2. The van der Waals surface area contributed by atoms with Crippen molar-refractivity contribution in [3.8, 4) is 11.5 Å². The standard InChI is InChI=1S/C16H8Cl4O4/c17-9-2-1-3-11(6-9)23-14(21)4-5-15(22)24-16-12(19)7-10(18)8-13(16)20/h1-8H/b5-4+. The Kier molecular flexibility index (Phi) is 6.52. The molecule has 0 radical (unpaired) electrons. The largest absolute Gasteiger partial charge is 0.423 e. The van der Waals surface area contributed by atoms with Crippen LogP contribution in [0.15, 0.2) is 48.6 Å². The van der Waals surface area contributed by atoms with Gasteiger partial charge in [0, 0.05) is 22.2 Å². The summed E-state index contributed by atoms with van der Waals surface area (Å²) >= 11 is 23.3. The summed E-state index contributed by atoms with van der Waals surface area (Å²) in [4.78, 5) is 23.4. The average Bonchev–Trinajstić information content (AvgIpc) is 2.49. The fraction of sp³-hybridized carbons (Fsp3) is 0. The first kappa shape index (κ1) is 18.6. The van der Waals surface area contributed by atoms with Gasteiger partial charge in [0.2, 0.25) is 0 Å². The maximum absolute atomic E-state index is 11.7. The molecule has 0 aliphatic carbocycles. The lowest BCUT2D eigenvalue weighted by Gasteiger charge is -2.06. The van der Waals surface area contributed by atoms with E-state index in [4.69, 9.17) is 55.9 Å². The molecule has 4 nitrogen and oxygen atoms in total. The van der Waals surface area contributed by atoms with Gasteiger partial charge in [-0.3, -0.25) is 0 Å². The number of esters is 2. The van der Waals surface area contributed by atoms with Gasteiger partial charge in [-0.25, -0.2) is 9.59 Å². The first-order valence-corrected chi connectivity index (χ1v) is 7.88. The van der Waals surface area contributed by atoms with Gasteiger partial charge in [-0.05, 0) is 30.3 Å². The van der Waals surface area contributed by atoms with Crippen molar-refractivity contribution < 1.29 is 19.1 Å². The molecule has 124 valence electrons. The van der Waals surface area contributed by atoms with E-state index in [0.29, 0.717) is 10.0 Å². The fourth-order valence-corrected chi connectivity index (χ4v) is 2.65. The summed E-state index contributed by atoms with van der Waals surface area (Å²) in [5.41, 5.74) is 0. The first-order chi connectivity index (χ1) is 11.3. The number of benzene rings is 2. The van der Waals surface area contributed by atoms with Crippen molar-refractivity contribution in [3.05, 3.63) is 68.6 Å². The van der Waals surface area contributed by atoms with Gasteiger partial charge in [0.1, 0.15) is 5.75 Å². The molecule has 2 rings (SSSR count). The molecule has 0 spiro atoms.